The van der Waals surface area contributed by atoms with E-state index in [-0.39, 0.29) is 0 Å². The van der Waals surface area contributed by atoms with E-state index >= 15 is 0 Å². The molecule has 0 unspecified atom stereocenters. The SMILES string of the molecule is C[C@@](N)(Cc1ccc(OCc2ccccc2)cc1)C(N)=O. The molecule has 2 aromatic carbocycles. The van der Waals surface area contributed by atoms with E-state index in [0.29, 0.717) is 13.0 Å². The van der Waals surface area contributed by atoms with Crippen molar-refractivity contribution in [1.82, 2.24) is 0 Å². The number of hydrogen-bond donors (Lipinski definition) is 2. The minimum atomic E-state index is -1.04. The Morgan fingerprint density at radius 3 is 2.24 bits per heavy atom. The van der Waals surface area contributed by atoms with Crippen LogP contribution >= 0.6 is 0 Å². The lowest BCUT2D eigenvalue weighted by Gasteiger charge is -2.20. The van der Waals surface area contributed by atoms with Gasteiger partial charge >= 0.3 is 0 Å². The summed E-state index contributed by atoms with van der Waals surface area (Å²) in [4.78, 5) is 11.2. The number of ether oxygens (including phenoxy) is 1. The second kappa shape index (κ2) is 6.41. The molecule has 0 aromatic heterocycles. The largest absolute Gasteiger partial charge is 0.489 e. The molecule has 0 radical (unpaired) electrons. The Morgan fingerprint density at radius 2 is 1.67 bits per heavy atom. The number of hydrogen-bond acceptors (Lipinski definition) is 3. The van der Waals surface area contributed by atoms with E-state index < -0.39 is 11.4 Å². The molecule has 4 heteroatoms. The average molecular weight is 284 g/mol. The van der Waals surface area contributed by atoms with E-state index in [2.05, 4.69) is 0 Å². The van der Waals surface area contributed by atoms with Gasteiger partial charge in [-0.15, -0.1) is 0 Å². The molecule has 2 rings (SSSR count). The molecule has 0 heterocycles. The highest BCUT2D eigenvalue weighted by Crippen LogP contribution is 2.17. The molecule has 0 fully saturated rings. The standard InChI is InChI=1S/C17H20N2O2/c1-17(19,16(18)20)11-13-7-9-15(10-8-13)21-12-14-5-3-2-4-6-14/h2-10H,11-12,19H2,1H3,(H2,18,20)/t17-/m1/s1. The van der Waals surface area contributed by atoms with E-state index in [1.807, 2.05) is 54.6 Å². The Bertz CT molecular complexity index is 592. The Hall–Kier alpha value is -2.33. The molecule has 0 saturated heterocycles. The molecule has 110 valence electrons. The highest BCUT2D eigenvalue weighted by molar-refractivity contribution is 5.84. The Balaban J connectivity index is 1.95. The smallest absolute Gasteiger partial charge is 0.237 e. The Kier molecular flexibility index (Phi) is 4.60. The van der Waals surface area contributed by atoms with E-state index in [1.54, 1.807) is 6.92 Å². The molecule has 0 aliphatic heterocycles. The van der Waals surface area contributed by atoms with E-state index in [0.717, 1.165) is 16.9 Å². The zero-order chi connectivity index (χ0) is 15.3. The molecule has 0 bridgehead atoms. The summed E-state index contributed by atoms with van der Waals surface area (Å²) in [7, 11) is 0. The van der Waals surface area contributed by atoms with Crippen molar-refractivity contribution in [1.29, 1.82) is 0 Å². The first-order chi connectivity index (χ1) is 9.97. The van der Waals surface area contributed by atoms with Crippen LogP contribution in [0.2, 0.25) is 0 Å². The van der Waals surface area contributed by atoms with Crippen LogP contribution in [0.3, 0.4) is 0 Å². The Labute approximate surface area is 124 Å². The third-order valence-electron chi connectivity index (χ3n) is 3.31. The molecule has 1 amide bonds. The summed E-state index contributed by atoms with van der Waals surface area (Å²) in [6.45, 7) is 2.16. The van der Waals surface area contributed by atoms with Gasteiger partial charge in [0.05, 0.1) is 5.54 Å². The van der Waals surface area contributed by atoms with Gasteiger partial charge in [-0.2, -0.15) is 0 Å². The van der Waals surface area contributed by atoms with Crippen molar-refractivity contribution >= 4 is 5.91 Å². The second-order valence-corrected chi connectivity index (χ2v) is 5.38. The lowest BCUT2D eigenvalue weighted by molar-refractivity contribution is -0.122. The summed E-state index contributed by atoms with van der Waals surface area (Å²) in [5, 5.41) is 0. The van der Waals surface area contributed by atoms with E-state index in [1.165, 1.54) is 0 Å². The number of benzene rings is 2. The van der Waals surface area contributed by atoms with Gasteiger partial charge < -0.3 is 16.2 Å². The number of carbonyl (C=O) groups excluding carboxylic acids is 1. The third kappa shape index (κ3) is 4.33. The lowest BCUT2D eigenvalue weighted by atomic mass is 9.93. The van der Waals surface area contributed by atoms with Crippen LogP contribution in [0.4, 0.5) is 0 Å². The molecule has 4 nitrogen and oxygen atoms in total. The maximum absolute atomic E-state index is 11.2. The van der Waals surface area contributed by atoms with Gasteiger partial charge in [0, 0.05) is 0 Å². The molecule has 2 aromatic rings. The topological polar surface area (TPSA) is 78.3 Å². The summed E-state index contributed by atoms with van der Waals surface area (Å²) >= 11 is 0. The van der Waals surface area contributed by atoms with Crippen molar-refractivity contribution < 1.29 is 9.53 Å². The average Bonchev–Trinajstić information content (AvgIpc) is 2.47. The van der Waals surface area contributed by atoms with Crippen LogP contribution in [0.15, 0.2) is 54.6 Å². The summed E-state index contributed by atoms with van der Waals surface area (Å²) in [5.74, 6) is 0.271. The zero-order valence-electron chi connectivity index (χ0n) is 12.1. The van der Waals surface area contributed by atoms with Crippen molar-refractivity contribution in [2.24, 2.45) is 11.5 Å². The van der Waals surface area contributed by atoms with Crippen LogP contribution in [0.25, 0.3) is 0 Å². The monoisotopic (exact) mass is 284 g/mol. The minimum Gasteiger partial charge on any atom is -0.489 e. The zero-order valence-corrected chi connectivity index (χ0v) is 12.1. The van der Waals surface area contributed by atoms with Crippen molar-refractivity contribution in [3.63, 3.8) is 0 Å². The normalized spacial score (nSPS) is 13.4. The van der Waals surface area contributed by atoms with Crippen LogP contribution in [0.5, 0.6) is 5.75 Å². The molecule has 4 N–H and O–H groups in total. The van der Waals surface area contributed by atoms with Crippen molar-refractivity contribution in [3.8, 4) is 5.75 Å². The van der Waals surface area contributed by atoms with Gasteiger partial charge in [-0.1, -0.05) is 42.5 Å². The van der Waals surface area contributed by atoms with Gasteiger partial charge in [0.25, 0.3) is 0 Å². The van der Waals surface area contributed by atoms with Gasteiger partial charge in [-0.25, -0.2) is 0 Å². The van der Waals surface area contributed by atoms with Crippen LogP contribution in [0.1, 0.15) is 18.1 Å². The van der Waals surface area contributed by atoms with Gasteiger partial charge in [-0.05, 0) is 36.6 Å². The van der Waals surface area contributed by atoms with Gasteiger partial charge in [0.1, 0.15) is 12.4 Å². The summed E-state index contributed by atoms with van der Waals surface area (Å²) in [5.41, 5.74) is 12.2. The fourth-order valence-corrected chi connectivity index (χ4v) is 1.96. The molecular weight excluding hydrogens is 264 g/mol. The van der Waals surface area contributed by atoms with Crippen LogP contribution in [-0.2, 0) is 17.8 Å². The number of carbonyl (C=O) groups is 1. The fourth-order valence-electron chi connectivity index (χ4n) is 1.96. The fraction of sp³-hybridized carbons (Fsp3) is 0.235. The number of nitrogens with two attached hydrogens (primary N) is 2. The highest BCUT2D eigenvalue weighted by atomic mass is 16.5. The van der Waals surface area contributed by atoms with E-state index in [4.69, 9.17) is 16.2 Å². The molecular formula is C17H20N2O2. The number of amides is 1. The maximum atomic E-state index is 11.2. The van der Waals surface area contributed by atoms with Crippen molar-refractivity contribution in [3.05, 3.63) is 65.7 Å². The predicted octanol–water partition coefficient (Wildman–Crippen LogP) is 2.01. The summed E-state index contributed by atoms with van der Waals surface area (Å²) < 4.78 is 5.70. The molecule has 0 spiro atoms. The first-order valence-electron chi connectivity index (χ1n) is 6.82. The van der Waals surface area contributed by atoms with Crippen LogP contribution in [-0.4, -0.2) is 11.4 Å². The van der Waals surface area contributed by atoms with Gasteiger partial charge in [0.2, 0.25) is 5.91 Å². The summed E-state index contributed by atoms with van der Waals surface area (Å²) in [6, 6.07) is 17.5. The first kappa shape index (κ1) is 15.1. The van der Waals surface area contributed by atoms with Gasteiger partial charge in [-0.3, -0.25) is 4.79 Å². The van der Waals surface area contributed by atoms with Crippen LogP contribution in [0, 0.1) is 0 Å². The van der Waals surface area contributed by atoms with Crippen molar-refractivity contribution in [2.45, 2.75) is 25.5 Å². The van der Waals surface area contributed by atoms with Crippen LogP contribution < -0.4 is 16.2 Å². The second-order valence-electron chi connectivity index (χ2n) is 5.38. The summed E-state index contributed by atoms with van der Waals surface area (Å²) in [6.07, 6.45) is 0.404. The quantitative estimate of drug-likeness (QED) is 0.851. The molecule has 21 heavy (non-hydrogen) atoms. The minimum absolute atomic E-state index is 0.404. The molecule has 1 atom stereocenters. The highest BCUT2D eigenvalue weighted by Gasteiger charge is 2.25. The predicted molar refractivity (Wildman–Crippen MR) is 82.7 cm³/mol. The number of rotatable bonds is 6. The molecule has 0 aliphatic rings. The first-order valence-corrected chi connectivity index (χ1v) is 6.82. The number of primary amides is 1. The van der Waals surface area contributed by atoms with E-state index in [9.17, 15) is 4.79 Å². The Morgan fingerprint density at radius 1 is 1.05 bits per heavy atom. The molecule has 0 saturated carbocycles. The third-order valence-corrected chi connectivity index (χ3v) is 3.31. The molecule has 0 aliphatic carbocycles. The lowest BCUT2D eigenvalue weighted by Crippen LogP contribution is -2.51. The maximum Gasteiger partial charge on any atom is 0.237 e. The van der Waals surface area contributed by atoms with Crippen molar-refractivity contribution in [2.75, 3.05) is 0 Å². The van der Waals surface area contributed by atoms with Gasteiger partial charge in [0.15, 0.2) is 0 Å².